The van der Waals surface area contributed by atoms with Gasteiger partial charge in [0.1, 0.15) is 0 Å². The molecule has 0 atom stereocenters. The summed E-state index contributed by atoms with van der Waals surface area (Å²) < 4.78 is 51.7. The number of rotatable bonds is 6. The summed E-state index contributed by atoms with van der Waals surface area (Å²) in [6, 6.07) is 3.95. The number of nitrogens with two attached hydrogens (primary N) is 1. The highest BCUT2D eigenvalue weighted by atomic mass is 32.2. The maximum atomic E-state index is 13.0. The van der Waals surface area contributed by atoms with E-state index in [1.54, 1.807) is 11.6 Å². The van der Waals surface area contributed by atoms with Crippen molar-refractivity contribution in [2.75, 3.05) is 18.4 Å². The molecule has 6 nitrogen and oxygen atoms in total. The monoisotopic (exact) mass is 321 g/mol. The highest BCUT2D eigenvalue weighted by Crippen LogP contribution is 2.20. The van der Waals surface area contributed by atoms with Gasteiger partial charge in [-0.2, -0.15) is 0 Å². The first-order valence-corrected chi connectivity index (χ1v) is 7.51. The predicted molar refractivity (Wildman–Crippen MR) is 74.7 cm³/mol. The van der Waals surface area contributed by atoms with Gasteiger partial charge >= 0.3 is 0 Å². The summed E-state index contributed by atoms with van der Waals surface area (Å²) in [5.74, 6) is -3.69. The van der Waals surface area contributed by atoms with Crippen LogP contribution in [0.2, 0.25) is 0 Å². The first-order valence-electron chi connectivity index (χ1n) is 6.03. The molecule has 1 aromatic rings. The van der Waals surface area contributed by atoms with Gasteiger partial charge in [-0.1, -0.05) is 6.07 Å². The standard InChI is InChI=1S/C12H17F2N3O3S/c1-8-3-4-10(5-11(8)17-9(2)18)21(19,20)16-7-12(13,14)6-15/h3-5,16H,6-7,15H2,1-2H3,(H,17,18). The molecular weight excluding hydrogens is 304 g/mol. The number of aryl methyl sites for hydroxylation is 1. The first kappa shape index (κ1) is 17.5. The molecule has 0 aliphatic heterocycles. The van der Waals surface area contributed by atoms with Gasteiger partial charge in [-0.05, 0) is 24.6 Å². The van der Waals surface area contributed by atoms with Crippen LogP contribution in [-0.2, 0) is 14.8 Å². The van der Waals surface area contributed by atoms with E-state index in [2.05, 4.69) is 5.32 Å². The molecule has 0 aromatic heterocycles. The Morgan fingerprint density at radius 3 is 2.52 bits per heavy atom. The Morgan fingerprint density at radius 2 is 2.00 bits per heavy atom. The number of sulfonamides is 1. The number of benzene rings is 1. The van der Waals surface area contributed by atoms with Crippen molar-refractivity contribution < 1.29 is 22.0 Å². The highest BCUT2D eigenvalue weighted by molar-refractivity contribution is 7.89. The van der Waals surface area contributed by atoms with E-state index in [9.17, 15) is 22.0 Å². The number of alkyl halides is 2. The lowest BCUT2D eigenvalue weighted by molar-refractivity contribution is -0.114. The molecule has 0 unspecified atom stereocenters. The first-order chi connectivity index (χ1) is 9.57. The topological polar surface area (TPSA) is 101 Å². The third-order valence-corrected chi connectivity index (χ3v) is 4.05. The van der Waals surface area contributed by atoms with Crippen molar-refractivity contribution in [2.24, 2.45) is 5.73 Å². The van der Waals surface area contributed by atoms with Crippen LogP contribution in [0.1, 0.15) is 12.5 Å². The second-order valence-corrected chi connectivity index (χ2v) is 6.31. The van der Waals surface area contributed by atoms with Gasteiger partial charge in [-0.3, -0.25) is 4.79 Å². The molecule has 1 rings (SSSR count). The molecular formula is C12H17F2N3O3S. The second-order valence-electron chi connectivity index (χ2n) is 4.54. The summed E-state index contributed by atoms with van der Waals surface area (Å²) in [4.78, 5) is 10.8. The smallest absolute Gasteiger partial charge is 0.273 e. The molecule has 21 heavy (non-hydrogen) atoms. The van der Waals surface area contributed by atoms with Crippen LogP contribution in [-0.4, -0.2) is 33.3 Å². The third kappa shape index (κ3) is 5.03. The average molecular weight is 321 g/mol. The van der Waals surface area contributed by atoms with Gasteiger partial charge < -0.3 is 11.1 Å². The van der Waals surface area contributed by atoms with Gasteiger partial charge in [0.15, 0.2) is 0 Å². The van der Waals surface area contributed by atoms with E-state index in [1.807, 2.05) is 0 Å². The van der Waals surface area contributed by atoms with E-state index >= 15 is 0 Å². The Bertz CT molecular complexity index is 633. The molecule has 0 radical (unpaired) electrons. The summed E-state index contributed by atoms with van der Waals surface area (Å²) in [5, 5.41) is 2.47. The van der Waals surface area contributed by atoms with Gasteiger partial charge in [0.05, 0.1) is 18.0 Å². The van der Waals surface area contributed by atoms with Crippen LogP contribution >= 0.6 is 0 Å². The van der Waals surface area contributed by atoms with Crippen molar-refractivity contribution in [1.82, 2.24) is 4.72 Å². The van der Waals surface area contributed by atoms with Crippen molar-refractivity contribution in [3.63, 3.8) is 0 Å². The van der Waals surface area contributed by atoms with Gasteiger partial charge in [0, 0.05) is 12.6 Å². The normalized spacial score (nSPS) is 12.2. The van der Waals surface area contributed by atoms with Gasteiger partial charge in [-0.15, -0.1) is 0 Å². The molecule has 0 saturated carbocycles. The van der Waals surface area contributed by atoms with E-state index in [1.165, 1.54) is 25.1 Å². The van der Waals surface area contributed by atoms with Crippen molar-refractivity contribution in [3.8, 4) is 0 Å². The fraction of sp³-hybridized carbons (Fsp3) is 0.417. The van der Waals surface area contributed by atoms with Crippen LogP contribution in [0.3, 0.4) is 0 Å². The highest BCUT2D eigenvalue weighted by Gasteiger charge is 2.29. The number of nitrogens with one attached hydrogen (secondary N) is 2. The van der Waals surface area contributed by atoms with Crippen LogP contribution < -0.4 is 15.8 Å². The zero-order valence-electron chi connectivity index (χ0n) is 11.6. The summed E-state index contributed by atoms with van der Waals surface area (Å²) >= 11 is 0. The minimum absolute atomic E-state index is 0.218. The van der Waals surface area contributed by atoms with Crippen LogP contribution in [0.4, 0.5) is 14.5 Å². The molecule has 0 heterocycles. The van der Waals surface area contributed by atoms with Crippen molar-refractivity contribution in [3.05, 3.63) is 23.8 Å². The molecule has 0 spiro atoms. The van der Waals surface area contributed by atoms with E-state index in [4.69, 9.17) is 5.73 Å². The number of hydrogen-bond donors (Lipinski definition) is 3. The van der Waals surface area contributed by atoms with Crippen molar-refractivity contribution >= 4 is 21.6 Å². The number of carbonyl (C=O) groups is 1. The molecule has 118 valence electrons. The van der Waals surface area contributed by atoms with Crippen molar-refractivity contribution in [1.29, 1.82) is 0 Å². The van der Waals surface area contributed by atoms with E-state index in [-0.39, 0.29) is 10.8 Å². The minimum atomic E-state index is -4.12. The molecule has 0 saturated heterocycles. The van der Waals surface area contributed by atoms with Crippen LogP contribution in [0, 0.1) is 6.92 Å². The quantitative estimate of drug-likeness (QED) is 0.722. The minimum Gasteiger partial charge on any atom is -0.326 e. The number of anilines is 1. The Hall–Kier alpha value is -1.58. The summed E-state index contributed by atoms with van der Waals surface area (Å²) in [6.07, 6.45) is 0. The van der Waals surface area contributed by atoms with Gasteiger partial charge in [0.25, 0.3) is 5.92 Å². The Kier molecular flexibility index (Phi) is 5.37. The van der Waals surface area contributed by atoms with Crippen LogP contribution in [0.25, 0.3) is 0 Å². The molecule has 0 fully saturated rings. The number of carbonyl (C=O) groups excluding carboxylic acids is 1. The van der Waals surface area contributed by atoms with Crippen LogP contribution in [0.15, 0.2) is 23.1 Å². The fourth-order valence-corrected chi connectivity index (χ4v) is 2.54. The summed E-state index contributed by atoms with van der Waals surface area (Å²) in [5.41, 5.74) is 5.79. The summed E-state index contributed by atoms with van der Waals surface area (Å²) in [7, 11) is -4.12. The van der Waals surface area contributed by atoms with Crippen LogP contribution in [0.5, 0.6) is 0 Å². The Balaban J connectivity index is 3.01. The maximum absolute atomic E-state index is 13.0. The third-order valence-electron chi connectivity index (χ3n) is 2.65. The largest absolute Gasteiger partial charge is 0.326 e. The molecule has 0 aliphatic carbocycles. The fourth-order valence-electron chi connectivity index (χ4n) is 1.45. The Morgan fingerprint density at radius 1 is 1.38 bits per heavy atom. The van der Waals surface area contributed by atoms with Crippen molar-refractivity contribution in [2.45, 2.75) is 24.7 Å². The maximum Gasteiger partial charge on any atom is 0.273 e. The molecule has 1 aromatic carbocycles. The zero-order chi connectivity index (χ0) is 16.3. The Labute approximate surface area is 121 Å². The summed E-state index contributed by atoms with van der Waals surface area (Å²) in [6.45, 7) is 0.911. The van der Waals surface area contributed by atoms with Gasteiger partial charge in [0.2, 0.25) is 15.9 Å². The number of halogens is 2. The predicted octanol–water partition coefficient (Wildman–Crippen LogP) is 0.826. The lowest BCUT2D eigenvalue weighted by Crippen LogP contribution is -2.41. The lowest BCUT2D eigenvalue weighted by Gasteiger charge is -2.15. The molecule has 9 heteroatoms. The number of hydrogen-bond acceptors (Lipinski definition) is 4. The number of amides is 1. The van der Waals surface area contributed by atoms with E-state index in [0.717, 1.165) is 0 Å². The average Bonchev–Trinajstić information content (AvgIpc) is 2.39. The van der Waals surface area contributed by atoms with E-state index in [0.29, 0.717) is 11.3 Å². The molecule has 4 N–H and O–H groups in total. The van der Waals surface area contributed by atoms with Gasteiger partial charge in [-0.25, -0.2) is 21.9 Å². The molecule has 0 aliphatic rings. The zero-order valence-corrected chi connectivity index (χ0v) is 12.4. The van der Waals surface area contributed by atoms with E-state index < -0.39 is 29.0 Å². The molecule has 0 bridgehead atoms. The lowest BCUT2D eigenvalue weighted by atomic mass is 10.2. The second kappa shape index (κ2) is 6.46. The molecule has 1 amide bonds. The SMILES string of the molecule is CC(=O)Nc1cc(S(=O)(=O)NCC(F)(F)CN)ccc1C.